The SMILES string of the molecule is O=C(CN1CCCC(c2nc3ccccc3o2)C1)Nc1ccc([N+](=O)[O-])cc1Cl. The minimum absolute atomic E-state index is 0.120. The highest BCUT2D eigenvalue weighted by Gasteiger charge is 2.26. The summed E-state index contributed by atoms with van der Waals surface area (Å²) in [6.45, 7) is 1.68. The van der Waals surface area contributed by atoms with Gasteiger partial charge in [-0.25, -0.2) is 4.98 Å². The van der Waals surface area contributed by atoms with Crippen molar-refractivity contribution in [3.63, 3.8) is 0 Å². The fourth-order valence-corrected chi connectivity index (χ4v) is 3.80. The van der Waals surface area contributed by atoms with Crippen LogP contribution in [0.5, 0.6) is 0 Å². The van der Waals surface area contributed by atoms with Crippen LogP contribution in [-0.2, 0) is 4.79 Å². The number of rotatable bonds is 5. The molecule has 1 fully saturated rings. The Hall–Kier alpha value is -2.97. The molecule has 4 rings (SSSR count). The van der Waals surface area contributed by atoms with E-state index in [0.29, 0.717) is 18.1 Å². The zero-order chi connectivity index (χ0) is 20.4. The smallest absolute Gasteiger partial charge is 0.271 e. The minimum Gasteiger partial charge on any atom is -0.440 e. The highest BCUT2D eigenvalue weighted by Crippen LogP contribution is 2.29. The number of nitrogens with one attached hydrogen (secondary N) is 1. The number of amides is 1. The number of carbonyl (C=O) groups is 1. The Labute approximate surface area is 171 Å². The number of benzene rings is 2. The number of likely N-dealkylation sites (tertiary alicyclic amines) is 1. The summed E-state index contributed by atoms with van der Waals surface area (Å²) in [5.41, 5.74) is 1.84. The average molecular weight is 415 g/mol. The van der Waals surface area contributed by atoms with Crippen LogP contribution in [0.25, 0.3) is 11.1 Å². The number of aromatic nitrogens is 1. The molecule has 0 spiro atoms. The Balaban J connectivity index is 1.39. The number of nitro groups is 1. The molecule has 2 aromatic carbocycles. The maximum atomic E-state index is 12.5. The molecule has 1 aliphatic rings. The fourth-order valence-electron chi connectivity index (χ4n) is 3.58. The van der Waals surface area contributed by atoms with Crippen LogP contribution < -0.4 is 5.32 Å². The first-order valence-corrected chi connectivity index (χ1v) is 9.69. The lowest BCUT2D eigenvalue weighted by Crippen LogP contribution is -2.39. The summed E-state index contributed by atoms with van der Waals surface area (Å²) in [5, 5.41) is 13.7. The zero-order valence-corrected chi connectivity index (χ0v) is 16.3. The first-order valence-electron chi connectivity index (χ1n) is 9.31. The third-order valence-corrected chi connectivity index (χ3v) is 5.28. The maximum Gasteiger partial charge on any atom is 0.271 e. The van der Waals surface area contributed by atoms with Gasteiger partial charge in [-0.15, -0.1) is 0 Å². The molecule has 9 heteroatoms. The molecule has 1 atom stereocenters. The Morgan fingerprint density at radius 1 is 1.34 bits per heavy atom. The van der Waals surface area contributed by atoms with Crippen LogP contribution in [0.4, 0.5) is 11.4 Å². The molecule has 150 valence electrons. The van der Waals surface area contributed by atoms with Crippen molar-refractivity contribution < 1.29 is 14.1 Å². The normalized spacial score (nSPS) is 17.3. The molecule has 2 heterocycles. The van der Waals surface area contributed by atoms with E-state index in [1.54, 1.807) is 0 Å². The summed E-state index contributed by atoms with van der Waals surface area (Å²) in [4.78, 5) is 29.4. The van der Waals surface area contributed by atoms with Crippen LogP contribution in [0, 0.1) is 10.1 Å². The Bertz CT molecular complexity index is 1030. The van der Waals surface area contributed by atoms with Crippen molar-refractivity contribution in [1.82, 2.24) is 9.88 Å². The van der Waals surface area contributed by atoms with E-state index in [-0.39, 0.29) is 29.1 Å². The second kappa shape index (κ2) is 8.18. The lowest BCUT2D eigenvalue weighted by atomic mass is 9.98. The van der Waals surface area contributed by atoms with Crippen LogP contribution >= 0.6 is 11.6 Å². The van der Waals surface area contributed by atoms with E-state index >= 15 is 0 Å². The molecule has 0 radical (unpaired) electrons. The van der Waals surface area contributed by atoms with Gasteiger partial charge in [0.25, 0.3) is 5.69 Å². The average Bonchev–Trinajstić information content (AvgIpc) is 3.14. The van der Waals surface area contributed by atoms with Gasteiger partial charge in [-0.3, -0.25) is 19.8 Å². The van der Waals surface area contributed by atoms with Gasteiger partial charge >= 0.3 is 0 Å². The topological polar surface area (TPSA) is 102 Å². The van der Waals surface area contributed by atoms with Crippen molar-refractivity contribution in [3.8, 4) is 0 Å². The van der Waals surface area contributed by atoms with E-state index in [1.807, 2.05) is 24.3 Å². The lowest BCUT2D eigenvalue weighted by Gasteiger charge is -2.30. The van der Waals surface area contributed by atoms with Gasteiger partial charge in [0, 0.05) is 24.6 Å². The maximum absolute atomic E-state index is 12.5. The van der Waals surface area contributed by atoms with Crippen molar-refractivity contribution in [2.45, 2.75) is 18.8 Å². The molecular formula is C20H19ClN4O4. The van der Waals surface area contributed by atoms with Gasteiger partial charge in [-0.05, 0) is 37.6 Å². The van der Waals surface area contributed by atoms with Crippen molar-refractivity contribution in [2.75, 3.05) is 25.0 Å². The van der Waals surface area contributed by atoms with Crippen LogP contribution in [0.2, 0.25) is 5.02 Å². The summed E-state index contributed by atoms with van der Waals surface area (Å²) in [6, 6.07) is 11.6. The number of carbonyl (C=O) groups excluding carboxylic acids is 1. The van der Waals surface area contributed by atoms with Gasteiger partial charge in [0.05, 0.1) is 22.2 Å². The molecule has 0 aliphatic carbocycles. The molecule has 1 aromatic heterocycles. The number of para-hydroxylation sites is 2. The van der Waals surface area contributed by atoms with Gasteiger partial charge in [-0.2, -0.15) is 0 Å². The molecule has 1 N–H and O–H groups in total. The number of nitro benzene ring substituents is 1. The largest absolute Gasteiger partial charge is 0.440 e. The highest BCUT2D eigenvalue weighted by molar-refractivity contribution is 6.34. The first kappa shape index (κ1) is 19.4. The molecule has 0 bridgehead atoms. The quantitative estimate of drug-likeness (QED) is 0.495. The van der Waals surface area contributed by atoms with E-state index in [4.69, 9.17) is 16.0 Å². The third kappa shape index (κ3) is 4.38. The number of nitrogens with zero attached hydrogens (tertiary/aromatic N) is 3. The Morgan fingerprint density at radius 3 is 2.93 bits per heavy atom. The van der Waals surface area contributed by atoms with E-state index in [0.717, 1.165) is 30.5 Å². The summed E-state index contributed by atoms with van der Waals surface area (Å²) < 4.78 is 5.89. The molecule has 1 amide bonds. The number of hydrogen-bond acceptors (Lipinski definition) is 6. The molecule has 29 heavy (non-hydrogen) atoms. The van der Waals surface area contributed by atoms with Crippen LogP contribution in [-0.4, -0.2) is 40.3 Å². The fraction of sp³-hybridized carbons (Fsp3) is 0.300. The predicted molar refractivity (Wildman–Crippen MR) is 109 cm³/mol. The van der Waals surface area contributed by atoms with Crippen LogP contribution in [0.3, 0.4) is 0 Å². The lowest BCUT2D eigenvalue weighted by molar-refractivity contribution is -0.384. The number of oxazole rings is 1. The third-order valence-electron chi connectivity index (χ3n) is 4.97. The molecular weight excluding hydrogens is 396 g/mol. The molecule has 8 nitrogen and oxygen atoms in total. The van der Waals surface area contributed by atoms with Gasteiger partial charge in [0.1, 0.15) is 5.52 Å². The van der Waals surface area contributed by atoms with Gasteiger partial charge in [0.2, 0.25) is 5.91 Å². The van der Waals surface area contributed by atoms with Gasteiger partial charge in [0.15, 0.2) is 11.5 Å². The summed E-state index contributed by atoms with van der Waals surface area (Å²) >= 11 is 6.05. The standard InChI is InChI=1S/C20H19ClN4O4/c21-15-10-14(25(27)28)7-8-16(15)22-19(26)12-24-9-3-4-13(11-24)20-23-17-5-1-2-6-18(17)29-20/h1-2,5-8,10,13H,3-4,9,11-12H2,(H,22,26). The monoisotopic (exact) mass is 414 g/mol. The Kier molecular flexibility index (Phi) is 5.46. The second-order valence-corrected chi connectivity index (χ2v) is 7.47. The van der Waals surface area contributed by atoms with Crippen LogP contribution in [0.1, 0.15) is 24.7 Å². The summed E-state index contributed by atoms with van der Waals surface area (Å²) in [6.07, 6.45) is 1.90. The first-order chi connectivity index (χ1) is 14.0. The minimum atomic E-state index is -0.530. The van der Waals surface area contributed by atoms with Crippen molar-refractivity contribution in [2.24, 2.45) is 0 Å². The van der Waals surface area contributed by atoms with Crippen molar-refractivity contribution in [3.05, 3.63) is 63.5 Å². The molecule has 0 saturated carbocycles. The number of non-ortho nitro benzene ring substituents is 1. The number of hydrogen-bond donors (Lipinski definition) is 1. The molecule has 3 aromatic rings. The molecule has 1 saturated heterocycles. The molecule has 1 unspecified atom stereocenters. The zero-order valence-electron chi connectivity index (χ0n) is 15.5. The summed E-state index contributed by atoms with van der Waals surface area (Å²) in [5.74, 6) is 0.612. The van der Waals surface area contributed by atoms with Gasteiger partial charge in [-0.1, -0.05) is 23.7 Å². The van der Waals surface area contributed by atoms with Crippen molar-refractivity contribution >= 4 is 40.0 Å². The second-order valence-electron chi connectivity index (χ2n) is 7.06. The van der Waals surface area contributed by atoms with Crippen LogP contribution in [0.15, 0.2) is 46.9 Å². The van der Waals surface area contributed by atoms with E-state index < -0.39 is 4.92 Å². The summed E-state index contributed by atoms with van der Waals surface area (Å²) in [7, 11) is 0. The predicted octanol–water partition coefficient (Wildman–Crippen LogP) is 4.21. The van der Waals surface area contributed by atoms with E-state index in [9.17, 15) is 14.9 Å². The Morgan fingerprint density at radius 2 is 2.17 bits per heavy atom. The number of anilines is 1. The van der Waals surface area contributed by atoms with E-state index in [1.165, 1.54) is 18.2 Å². The van der Waals surface area contributed by atoms with Gasteiger partial charge < -0.3 is 9.73 Å². The number of piperidine rings is 1. The van der Waals surface area contributed by atoms with E-state index in [2.05, 4.69) is 15.2 Å². The number of fused-ring (bicyclic) bond motifs is 1. The number of halogens is 1. The molecule has 1 aliphatic heterocycles. The highest BCUT2D eigenvalue weighted by atomic mass is 35.5. The van der Waals surface area contributed by atoms with Crippen molar-refractivity contribution in [1.29, 1.82) is 0 Å².